The monoisotopic (exact) mass is 427 g/mol. The van der Waals surface area contributed by atoms with Crippen molar-refractivity contribution in [2.45, 2.75) is 6.04 Å². The number of hydrogen-bond donors (Lipinski definition) is 1. The molecule has 7 nitrogen and oxygen atoms in total. The Bertz CT molecular complexity index is 956. The quantitative estimate of drug-likeness (QED) is 0.448. The Labute approximate surface area is 179 Å². The first-order chi connectivity index (χ1) is 14.6. The third-order valence-corrected chi connectivity index (χ3v) is 5.64. The van der Waals surface area contributed by atoms with Crippen LogP contribution in [0.4, 0.5) is 0 Å². The van der Waals surface area contributed by atoms with Crippen LogP contribution in [-0.2, 0) is 14.3 Å². The lowest BCUT2D eigenvalue weighted by Crippen LogP contribution is -2.42. The molecule has 0 unspecified atom stereocenters. The van der Waals surface area contributed by atoms with Gasteiger partial charge in [0.15, 0.2) is 0 Å². The van der Waals surface area contributed by atoms with Crippen molar-refractivity contribution in [2.24, 2.45) is 0 Å². The van der Waals surface area contributed by atoms with Gasteiger partial charge in [0.1, 0.15) is 11.8 Å². The number of carbonyl (C=O) groups is 2. The van der Waals surface area contributed by atoms with Crippen molar-refractivity contribution in [3.05, 3.63) is 70.5 Å². The van der Waals surface area contributed by atoms with Crippen molar-refractivity contribution in [3.63, 3.8) is 0 Å². The molecule has 1 aromatic heterocycles. The van der Waals surface area contributed by atoms with E-state index in [0.29, 0.717) is 42.6 Å². The van der Waals surface area contributed by atoms with Gasteiger partial charge in [-0.3, -0.25) is 19.5 Å². The van der Waals surface area contributed by atoms with Gasteiger partial charge in [-0.2, -0.15) is 0 Å². The summed E-state index contributed by atoms with van der Waals surface area (Å²) in [6.07, 6.45) is 1.61. The molecule has 1 amide bonds. The molecule has 30 heavy (non-hydrogen) atoms. The molecule has 1 aromatic carbocycles. The molecular formula is C22H22ClN3O4. The van der Waals surface area contributed by atoms with E-state index in [9.17, 15) is 14.7 Å². The summed E-state index contributed by atoms with van der Waals surface area (Å²) in [5.41, 5.74) is 1.00. The molecule has 0 bridgehead atoms. The maximum absolute atomic E-state index is 12.9. The Kier molecular flexibility index (Phi) is 6.13. The second kappa shape index (κ2) is 8.95. The predicted octanol–water partition coefficient (Wildman–Crippen LogP) is 2.49. The van der Waals surface area contributed by atoms with Crippen LogP contribution in [0.2, 0.25) is 5.02 Å². The molecule has 2 aliphatic heterocycles. The zero-order chi connectivity index (χ0) is 21.1. The van der Waals surface area contributed by atoms with Crippen LogP contribution < -0.4 is 0 Å². The highest BCUT2D eigenvalue weighted by Crippen LogP contribution is 2.38. The number of aliphatic hydroxyl groups excluding tert-OH is 1. The topological polar surface area (TPSA) is 83.0 Å². The fourth-order valence-electron chi connectivity index (χ4n) is 3.79. The number of ketones is 1. The Morgan fingerprint density at radius 1 is 1.10 bits per heavy atom. The average Bonchev–Trinajstić information content (AvgIpc) is 3.04. The Balaban J connectivity index is 1.71. The molecule has 2 aromatic rings. The summed E-state index contributed by atoms with van der Waals surface area (Å²) in [4.78, 5) is 33.9. The summed E-state index contributed by atoms with van der Waals surface area (Å²) in [7, 11) is 0. The van der Waals surface area contributed by atoms with E-state index in [2.05, 4.69) is 9.88 Å². The fourth-order valence-corrected chi connectivity index (χ4v) is 3.92. The number of nitrogens with zero attached hydrogens (tertiary/aromatic N) is 3. The Morgan fingerprint density at radius 2 is 1.83 bits per heavy atom. The number of carbonyl (C=O) groups excluding carboxylic acids is 2. The standard InChI is InChI=1S/C22H22ClN3O4/c23-16-6-4-15(5-7-16)20(27)18-19(17-3-1-2-8-24-17)26(22(29)21(18)28)10-9-25-11-13-30-14-12-25/h1-8,19,27H,9-14H2/t19-/m0/s1. The molecule has 8 heteroatoms. The van der Waals surface area contributed by atoms with Crippen molar-refractivity contribution in [1.29, 1.82) is 0 Å². The zero-order valence-corrected chi connectivity index (χ0v) is 17.1. The lowest BCUT2D eigenvalue weighted by atomic mass is 9.98. The van der Waals surface area contributed by atoms with Gasteiger partial charge in [0.05, 0.1) is 24.5 Å². The number of halogens is 1. The third kappa shape index (κ3) is 4.09. The van der Waals surface area contributed by atoms with Crippen LogP contribution in [0.1, 0.15) is 17.3 Å². The van der Waals surface area contributed by atoms with Crippen molar-refractivity contribution in [2.75, 3.05) is 39.4 Å². The molecule has 156 valence electrons. The number of likely N-dealkylation sites (tertiary alicyclic amines) is 1. The number of benzene rings is 1. The predicted molar refractivity (Wildman–Crippen MR) is 112 cm³/mol. The summed E-state index contributed by atoms with van der Waals surface area (Å²) in [6, 6.07) is 11.1. The van der Waals surface area contributed by atoms with Crippen LogP contribution in [0.3, 0.4) is 0 Å². The fraction of sp³-hybridized carbons (Fsp3) is 0.318. The number of hydrogen-bond acceptors (Lipinski definition) is 6. The van der Waals surface area contributed by atoms with Gasteiger partial charge in [0.25, 0.3) is 11.7 Å². The largest absolute Gasteiger partial charge is 0.507 e. The van der Waals surface area contributed by atoms with Gasteiger partial charge in [0.2, 0.25) is 0 Å². The number of amides is 1. The van der Waals surface area contributed by atoms with Gasteiger partial charge >= 0.3 is 0 Å². The highest BCUT2D eigenvalue weighted by molar-refractivity contribution is 6.46. The average molecular weight is 428 g/mol. The van der Waals surface area contributed by atoms with Crippen molar-refractivity contribution >= 4 is 29.1 Å². The van der Waals surface area contributed by atoms with Gasteiger partial charge in [-0.1, -0.05) is 17.7 Å². The van der Waals surface area contributed by atoms with E-state index in [0.717, 1.165) is 13.1 Å². The normalized spacial score (nSPS) is 21.9. The van der Waals surface area contributed by atoms with E-state index >= 15 is 0 Å². The molecule has 4 rings (SSSR count). The Hall–Kier alpha value is -2.74. The van der Waals surface area contributed by atoms with Gasteiger partial charge in [-0.05, 0) is 36.4 Å². The molecule has 2 aliphatic rings. The first-order valence-corrected chi connectivity index (χ1v) is 10.2. The van der Waals surface area contributed by atoms with Crippen molar-refractivity contribution < 1.29 is 19.4 Å². The minimum absolute atomic E-state index is 0.0444. The lowest BCUT2D eigenvalue weighted by Gasteiger charge is -2.30. The molecule has 0 aliphatic carbocycles. The van der Waals surface area contributed by atoms with E-state index < -0.39 is 17.7 Å². The van der Waals surface area contributed by atoms with Crippen LogP contribution in [0.5, 0.6) is 0 Å². The van der Waals surface area contributed by atoms with Crippen LogP contribution in [0.25, 0.3) is 5.76 Å². The molecule has 0 spiro atoms. The number of aliphatic hydroxyl groups is 1. The first kappa shape index (κ1) is 20.5. The van der Waals surface area contributed by atoms with Crippen LogP contribution in [-0.4, -0.2) is 71.0 Å². The summed E-state index contributed by atoms with van der Waals surface area (Å²) in [5, 5.41) is 11.5. The maximum Gasteiger partial charge on any atom is 0.295 e. The molecule has 3 heterocycles. The van der Waals surface area contributed by atoms with Crippen LogP contribution >= 0.6 is 11.6 Å². The lowest BCUT2D eigenvalue weighted by molar-refractivity contribution is -0.140. The first-order valence-electron chi connectivity index (χ1n) is 9.81. The Morgan fingerprint density at radius 3 is 2.50 bits per heavy atom. The summed E-state index contributed by atoms with van der Waals surface area (Å²) in [6.45, 7) is 3.83. The number of morpholine rings is 1. The van der Waals surface area contributed by atoms with Crippen molar-refractivity contribution in [1.82, 2.24) is 14.8 Å². The van der Waals surface area contributed by atoms with Crippen LogP contribution in [0.15, 0.2) is 54.2 Å². The number of Topliss-reactive ketones (excluding diaryl/α,β-unsaturated/α-hetero) is 1. The minimum atomic E-state index is -0.747. The number of pyridine rings is 1. The van der Waals surface area contributed by atoms with Crippen LogP contribution in [0, 0.1) is 0 Å². The molecule has 0 radical (unpaired) electrons. The molecule has 1 N–H and O–H groups in total. The smallest absolute Gasteiger partial charge is 0.295 e. The van der Waals surface area contributed by atoms with Crippen molar-refractivity contribution in [3.8, 4) is 0 Å². The van der Waals surface area contributed by atoms with Gasteiger partial charge < -0.3 is 14.7 Å². The van der Waals surface area contributed by atoms with Gasteiger partial charge in [-0.15, -0.1) is 0 Å². The second-order valence-electron chi connectivity index (χ2n) is 7.21. The summed E-state index contributed by atoms with van der Waals surface area (Å²) >= 11 is 5.94. The van der Waals surface area contributed by atoms with E-state index in [1.807, 2.05) is 0 Å². The van der Waals surface area contributed by atoms with E-state index in [1.54, 1.807) is 48.7 Å². The maximum atomic E-state index is 12.9. The van der Waals surface area contributed by atoms with Gasteiger partial charge in [-0.25, -0.2) is 0 Å². The molecule has 1 atom stereocenters. The van der Waals surface area contributed by atoms with Gasteiger partial charge in [0, 0.05) is 43.0 Å². The third-order valence-electron chi connectivity index (χ3n) is 5.39. The zero-order valence-electron chi connectivity index (χ0n) is 16.3. The minimum Gasteiger partial charge on any atom is -0.507 e. The van der Waals surface area contributed by atoms with E-state index in [4.69, 9.17) is 16.3 Å². The summed E-state index contributed by atoms with van der Waals surface area (Å²) < 4.78 is 5.37. The number of aromatic nitrogens is 1. The summed E-state index contributed by atoms with van der Waals surface area (Å²) in [5.74, 6) is -1.57. The second-order valence-corrected chi connectivity index (χ2v) is 7.64. The molecule has 2 fully saturated rings. The highest BCUT2D eigenvalue weighted by atomic mass is 35.5. The highest BCUT2D eigenvalue weighted by Gasteiger charge is 2.46. The number of ether oxygens (including phenoxy) is 1. The van der Waals surface area contributed by atoms with E-state index in [-0.39, 0.29) is 11.3 Å². The van der Waals surface area contributed by atoms with E-state index in [1.165, 1.54) is 4.90 Å². The molecule has 2 saturated heterocycles. The molecular weight excluding hydrogens is 406 g/mol. The SMILES string of the molecule is O=C1C(=O)N(CCN2CCOCC2)[C@@H](c2ccccn2)C1=C(O)c1ccc(Cl)cc1. The molecule has 0 saturated carbocycles. The number of rotatable bonds is 5.